The molecule has 0 bridgehead atoms. The van der Waals surface area contributed by atoms with Gasteiger partial charge in [0, 0.05) is 26.1 Å². The van der Waals surface area contributed by atoms with Crippen molar-refractivity contribution in [2.75, 3.05) is 6.54 Å². The number of alkyl halides is 1. The summed E-state index contributed by atoms with van der Waals surface area (Å²) in [6.45, 7) is 5.50. The van der Waals surface area contributed by atoms with Crippen molar-refractivity contribution in [3.63, 3.8) is 0 Å². The molecule has 0 saturated carbocycles. The van der Waals surface area contributed by atoms with E-state index in [2.05, 4.69) is 35.7 Å². The minimum absolute atomic E-state index is 0.289. The highest BCUT2D eigenvalue weighted by Gasteiger charge is 2.33. The first kappa shape index (κ1) is 19.1. The lowest BCUT2D eigenvalue weighted by Gasteiger charge is -2.32. The van der Waals surface area contributed by atoms with E-state index in [1.54, 1.807) is 6.08 Å². The zero-order valence-electron chi connectivity index (χ0n) is 15.6. The molecule has 1 atom stereocenters. The lowest BCUT2D eigenvalue weighted by atomic mass is 9.91. The number of nitrogens with zero attached hydrogens (tertiary/aromatic N) is 1. The largest absolute Gasteiger partial charge is 0.291 e. The van der Waals surface area contributed by atoms with Gasteiger partial charge in [0.15, 0.2) is 5.67 Å². The fourth-order valence-electron chi connectivity index (χ4n) is 3.44. The molecule has 0 spiro atoms. The summed E-state index contributed by atoms with van der Waals surface area (Å²) in [5.74, 6) is 0. The second-order valence-corrected chi connectivity index (χ2v) is 6.94. The molecular weight excluding hydrogens is 333 g/mol. The number of hydrogen-bond donors (Lipinski definition) is 0. The van der Waals surface area contributed by atoms with Gasteiger partial charge in [-0.2, -0.15) is 0 Å². The van der Waals surface area contributed by atoms with Crippen LogP contribution in [0, 0.1) is 0 Å². The summed E-state index contributed by atoms with van der Waals surface area (Å²) in [6.07, 6.45) is 1.97. The Hall–Kier alpha value is -2.71. The molecule has 3 rings (SSSR count). The molecule has 0 N–H and O–H groups in total. The molecule has 0 unspecified atom stereocenters. The normalized spacial score (nSPS) is 13.3. The molecule has 3 aromatic rings. The summed E-state index contributed by atoms with van der Waals surface area (Å²) in [5.41, 5.74) is 1.60. The first-order valence-corrected chi connectivity index (χ1v) is 9.35. The van der Waals surface area contributed by atoms with Gasteiger partial charge in [-0.15, -0.1) is 6.58 Å². The van der Waals surface area contributed by atoms with E-state index in [9.17, 15) is 0 Å². The van der Waals surface area contributed by atoms with Crippen LogP contribution >= 0.6 is 0 Å². The molecule has 0 aliphatic rings. The molecule has 0 aromatic heterocycles. The molecule has 138 valence electrons. The number of allylic oxidation sites excluding steroid dienone is 1. The van der Waals surface area contributed by atoms with Gasteiger partial charge in [0.25, 0.3) is 0 Å². The van der Waals surface area contributed by atoms with E-state index in [0.717, 1.165) is 0 Å². The van der Waals surface area contributed by atoms with E-state index in [0.29, 0.717) is 25.2 Å². The molecule has 3 aromatic carbocycles. The number of rotatable bonds is 9. The van der Waals surface area contributed by atoms with Gasteiger partial charge in [-0.05, 0) is 16.7 Å². The molecule has 1 nitrogen and oxygen atoms in total. The highest BCUT2D eigenvalue weighted by Crippen LogP contribution is 2.32. The molecule has 0 saturated heterocycles. The average molecular weight is 359 g/mol. The Morgan fingerprint density at radius 1 is 0.741 bits per heavy atom. The highest BCUT2D eigenvalue weighted by atomic mass is 19.1. The van der Waals surface area contributed by atoms with Crippen LogP contribution in [-0.2, 0) is 18.8 Å². The zero-order chi connectivity index (χ0) is 19.0. The van der Waals surface area contributed by atoms with Crippen molar-refractivity contribution in [3.8, 4) is 0 Å². The summed E-state index contributed by atoms with van der Waals surface area (Å²) >= 11 is 0. The van der Waals surface area contributed by atoms with Crippen molar-refractivity contribution in [1.29, 1.82) is 0 Å². The van der Waals surface area contributed by atoms with Gasteiger partial charge in [-0.25, -0.2) is 4.39 Å². The molecule has 0 amide bonds. The monoisotopic (exact) mass is 359 g/mol. The predicted molar refractivity (Wildman–Crippen MR) is 111 cm³/mol. The fourth-order valence-corrected chi connectivity index (χ4v) is 3.44. The third-order valence-corrected chi connectivity index (χ3v) is 4.73. The molecular formula is C25H26FN. The van der Waals surface area contributed by atoms with E-state index < -0.39 is 5.67 Å². The van der Waals surface area contributed by atoms with Gasteiger partial charge in [-0.3, -0.25) is 4.90 Å². The molecule has 0 heterocycles. The number of halogens is 1. The van der Waals surface area contributed by atoms with E-state index in [1.165, 1.54) is 11.1 Å². The second kappa shape index (κ2) is 9.29. The minimum atomic E-state index is -1.47. The van der Waals surface area contributed by atoms with E-state index in [1.807, 2.05) is 66.7 Å². The lowest BCUT2D eigenvalue weighted by molar-refractivity contribution is 0.0837. The summed E-state index contributed by atoms with van der Waals surface area (Å²) in [5, 5.41) is 0. The number of benzene rings is 3. The highest BCUT2D eigenvalue weighted by molar-refractivity contribution is 5.25. The van der Waals surface area contributed by atoms with Gasteiger partial charge in [0.05, 0.1) is 0 Å². The Morgan fingerprint density at radius 2 is 1.19 bits per heavy atom. The average Bonchev–Trinajstić information content (AvgIpc) is 2.70. The second-order valence-electron chi connectivity index (χ2n) is 6.94. The Kier molecular flexibility index (Phi) is 6.56. The first-order chi connectivity index (χ1) is 13.2. The van der Waals surface area contributed by atoms with Gasteiger partial charge < -0.3 is 0 Å². The first-order valence-electron chi connectivity index (χ1n) is 9.35. The Morgan fingerprint density at radius 3 is 1.63 bits per heavy atom. The Bertz CT molecular complexity index is 775. The van der Waals surface area contributed by atoms with Crippen LogP contribution in [0.15, 0.2) is 104 Å². The van der Waals surface area contributed by atoms with Gasteiger partial charge >= 0.3 is 0 Å². The van der Waals surface area contributed by atoms with Gasteiger partial charge in [0.1, 0.15) is 0 Å². The van der Waals surface area contributed by atoms with Crippen LogP contribution in [0.1, 0.15) is 23.1 Å². The van der Waals surface area contributed by atoms with Crippen LogP contribution in [0.5, 0.6) is 0 Å². The van der Waals surface area contributed by atoms with Crippen molar-refractivity contribution in [1.82, 2.24) is 4.90 Å². The smallest absolute Gasteiger partial charge is 0.152 e. The SMILES string of the molecule is C=CC[C@@](F)(CN(Cc1ccccc1)Cc1ccccc1)c1ccccc1. The molecule has 0 aliphatic heterocycles. The van der Waals surface area contributed by atoms with Crippen LogP contribution in [0.4, 0.5) is 4.39 Å². The van der Waals surface area contributed by atoms with Crippen molar-refractivity contribution < 1.29 is 4.39 Å². The van der Waals surface area contributed by atoms with E-state index in [-0.39, 0.29) is 6.42 Å². The predicted octanol–water partition coefficient (Wildman–Crippen LogP) is 6.13. The minimum Gasteiger partial charge on any atom is -0.291 e. The quantitative estimate of drug-likeness (QED) is 0.415. The van der Waals surface area contributed by atoms with Crippen molar-refractivity contribution in [3.05, 3.63) is 120 Å². The Balaban J connectivity index is 1.87. The van der Waals surface area contributed by atoms with Crippen LogP contribution in [0.3, 0.4) is 0 Å². The lowest BCUT2D eigenvalue weighted by Crippen LogP contribution is -2.37. The molecule has 0 aliphatic carbocycles. The van der Waals surface area contributed by atoms with Crippen molar-refractivity contribution in [2.45, 2.75) is 25.2 Å². The third kappa shape index (κ3) is 5.38. The van der Waals surface area contributed by atoms with E-state index in [4.69, 9.17) is 0 Å². The summed E-state index contributed by atoms with van der Waals surface area (Å²) in [7, 11) is 0. The standard InChI is InChI=1S/C25H26FN/c1-2-18-25(26,24-16-10-5-11-17-24)21-27(19-22-12-6-3-7-13-22)20-23-14-8-4-9-15-23/h2-17H,1,18-21H2/t25-/m1/s1. The summed E-state index contributed by atoms with van der Waals surface area (Å²) in [6, 6.07) is 29.9. The Labute approximate surface area is 161 Å². The summed E-state index contributed by atoms with van der Waals surface area (Å²) < 4.78 is 16.1. The topological polar surface area (TPSA) is 3.24 Å². The van der Waals surface area contributed by atoms with Crippen LogP contribution < -0.4 is 0 Å². The van der Waals surface area contributed by atoms with Gasteiger partial charge in [0.2, 0.25) is 0 Å². The fraction of sp³-hybridized carbons (Fsp3) is 0.200. The maximum Gasteiger partial charge on any atom is 0.152 e. The molecule has 0 radical (unpaired) electrons. The van der Waals surface area contributed by atoms with Crippen molar-refractivity contribution >= 4 is 0 Å². The van der Waals surface area contributed by atoms with Crippen molar-refractivity contribution in [2.24, 2.45) is 0 Å². The zero-order valence-corrected chi connectivity index (χ0v) is 15.6. The van der Waals surface area contributed by atoms with Crippen LogP contribution in [0.25, 0.3) is 0 Å². The number of hydrogen-bond acceptors (Lipinski definition) is 1. The summed E-state index contributed by atoms with van der Waals surface area (Å²) in [4.78, 5) is 2.18. The van der Waals surface area contributed by atoms with Gasteiger partial charge in [-0.1, -0.05) is 97.1 Å². The van der Waals surface area contributed by atoms with Crippen LogP contribution in [-0.4, -0.2) is 11.4 Å². The molecule has 27 heavy (non-hydrogen) atoms. The molecule has 0 fully saturated rings. The van der Waals surface area contributed by atoms with Crippen LogP contribution in [0.2, 0.25) is 0 Å². The van der Waals surface area contributed by atoms with E-state index >= 15 is 4.39 Å². The maximum atomic E-state index is 16.1. The maximum absolute atomic E-state index is 16.1. The molecule has 2 heteroatoms. The third-order valence-electron chi connectivity index (χ3n) is 4.73.